The molecule has 0 N–H and O–H groups in total. The Bertz CT molecular complexity index is 1480. The van der Waals surface area contributed by atoms with Gasteiger partial charge in [0.15, 0.2) is 0 Å². The maximum Gasteiger partial charge on any atom is 0.318 e. The number of rotatable bonds is 7. The molecule has 0 radical (unpaired) electrons. The van der Waals surface area contributed by atoms with Crippen LogP contribution in [0.3, 0.4) is 0 Å². The molecule has 0 spiro atoms. The lowest BCUT2D eigenvalue weighted by Crippen LogP contribution is -2.55. The van der Waals surface area contributed by atoms with Crippen LogP contribution >= 0.6 is 0 Å². The number of fused-ring (bicyclic) bond motifs is 2. The van der Waals surface area contributed by atoms with Gasteiger partial charge in [-0.15, -0.1) is 0 Å². The number of amides is 1. The van der Waals surface area contributed by atoms with Gasteiger partial charge in [-0.05, 0) is 56.4 Å². The third-order valence-electron chi connectivity index (χ3n) is 8.67. The Morgan fingerprint density at radius 2 is 2.07 bits per heavy atom. The third-order valence-corrected chi connectivity index (χ3v) is 8.67. The van der Waals surface area contributed by atoms with E-state index in [1.807, 2.05) is 18.5 Å². The molecule has 3 aliphatic rings. The van der Waals surface area contributed by atoms with Crippen molar-refractivity contribution in [3.8, 4) is 12.1 Å². The van der Waals surface area contributed by atoms with E-state index in [0.29, 0.717) is 44.8 Å². The number of nitrogens with zero attached hydrogens (tertiary/aromatic N) is 8. The zero-order valence-electron chi connectivity index (χ0n) is 23.6. The predicted octanol–water partition coefficient (Wildman–Crippen LogP) is 3.18. The molecule has 0 bridgehead atoms. The summed E-state index contributed by atoms with van der Waals surface area (Å²) in [5, 5.41) is 11.8. The second-order valence-electron chi connectivity index (χ2n) is 11.1. The van der Waals surface area contributed by atoms with Crippen LogP contribution in [0.15, 0.2) is 49.3 Å². The number of anilines is 2. The topological polar surface area (TPSA) is 102 Å². The summed E-state index contributed by atoms with van der Waals surface area (Å²) in [6.07, 6.45) is 8.39. The van der Waals surface area contributed by atoms with E-state index in [9.17, 15) is 10.1 Å². The fraction of sp³-hybridized carbons (Fsp3) is 0.452. The van der Waals surface area contributed by atoms with Crippen molar-refractivity contribution in [2.75, 3.05) is 56.2 Å². The van der Waals surface area contributed by atoms with E-state index in [0.717, 1.165) is 59.5 Å². The van der Waals surface area contributed by atoms with Crippen LogP contribution in [0.4, 0.5) is 11.5 Å². The minimum Gasteiger partial charge on any atom is -0.462 e. The van der Waals surface area contributed by atoms with E-state index in [4.69, 9.17) is 14.7 Å². The SMILES string of the molecule is C=CC(=O)N1CCN(c2nc(OC[C@@H]3CCCN3C)nc3c2CCN(c2cccc4ccncc24)C3)CC1CC#N. The highest BCUT2D eigenvalue weighted by Gasteiger charge is 2.33. The fourth-order valence-corrected chi connectivity index (χ4v) is 6.39. The summed E-state index contributed by atoms with van der Waals surface area (Å²) in [5.74, 6) is 0.720. The number of carbonyl (C=O) groups is 1. The van der Waals surface area contributed by atoms with Crippen LogP contribution in [0.1, 0.15) is 30.5 Å². The highest BCUT2D eigenvalue weighted by atomic mass is 16.5. The first kappa shape index (κ1) is 27.0. The molecule has 10 heteroatoms. The lowest BCUT2D eigenvalue weighted by molar-refractivity contribution is -0.128. The molecule has 0 saturated carbocycles. The molecule has 1 amide bonds. The molecule has 6 rings (SSSR count). The van der Waals surface area contributed by atoms with Gasteiger partial charge in [-0.2, -0.15) is 15.2 Å². The third kappa shape index (κ3) is 5.42. The number of nitriles is 1. The number of hydrogen-bond donors (Lipinski definition) is 0. The number of ether oxygens (including phenoxy) is 1. The average molecular weight is 553 g/mol. The lowest BCUT2D eigenvalue weighted by atomic mass is 10.0. The molecule has 3 aliphatic heterocycles. The van der Waals surface area contributed by atoms with Crippen LogP contribution in [0.25, 0.3) is 10.8 Å². The van der Waals surface area contributed by atoms with Crippen molar-refractivity contribution >= 4 is 28.2 Å². The number of aromatic nitrogens is 3. The second-order valence-corrected chi connectivity index (χ2v) is 11.1. The number of likely N-dealkylation sites (tertiary alicyclic amines) is 1. The molecular formula is C31H36N8O2. The summed E-state index contributed by atoms with van der Waals surface area (Å²) in [4.78, 5) is 35.5. The van der Waals surface area contributed by atoms with E-state index in [1.54, 1.807) is 4.90 Å². The van der Waals surface area contributed by atoms with Crippen molar-refractivity contribution in [3.05, 3.63) is 60.6 Å². The van der Waals surface area contributed by atoms with Gasteiger partial charge in [-0.25, -0.2) is 0 Å². The highest BCUT2D eigenvalue weighted by molar-refractivity contribution is 5.93. The first-order valence-corrected chi connectivity index (χ1v) is 14.4. The fourth-order valence-electron chi connectivity index (χ4n) is 6.39. The quantitative estimate of drug-likeness (QED) is 0.409. The molecule has 1 unspecified atom stereocenters. The molecular weight excluding hydrogens is 516 g/mol. The lowest BCUT2D eigenvalue weighted by Gasteiger charge is -2.42. The molecule has 41 heavy (non-hydrogen) atoms. The first-order chi connectivity index (χ1) is 20.1. The number of pyridine rings is 1. The van der Waals surface area contributed by atoms with Gasteiger partial charge in [-0.3, -0.25) is 9.78 Å². The van der Waals surface area contributed by atoms with Crippen molar-refractivity contribution in [1.82, 2.24) is 24.8 Å². The highest BCUT2D eigenvalue weighted by Crippen LogP contribution is 2.34. The van der Waals surface area contributed by atoms with E-state index in [2.05, 4.69) is 57.6 Å². The van der Waals surface area contributed by atoms with Crippen LogP contribution in [0, 0.1) is 11.3 Å². The molecule has 212 valence electrons. The second kappa shape index (κ2) is 11.7. The molecule has 3 aromatic rings. The summed E-state index contributed by atoms with van der Waals surface area (Å²) in [6.45, 7) is 8.38. The minimum atomic E-state index is -0.232. The Hall–Kier alpha value is -4.23. The van der Waals surface area contributed by atoms with Crippen molar-refractivity contribution < 1.29 is 9.53 Å². The van der Waals surface area contributed by atoms with Crippen LogP contribution in [-0.2, 0) is 17.8 Å². The summed E-state index contributed by atoms with van der Waals surface area (Å²) < 4.78 is 6.27. The normalized spacial score (nSPS) is 21.0. The van der Waals surface area contributed by atoms with Crippen LogP contribution < -0.4 is 14.5 Å². The van der Waals surface area contributed by atoms with Crippen molar-refractivity contribution in [1.29, 1.82) is 5.26 Å². The molecule has 10 nitrogen and oxygen atoms in total. The van der Waals surface area contributed by atoms with E-state index in [1.165, 1.54) is 12.5 Å². The van der Waals surface area contributed by atoms with Crippen molar-refractivity contribution in [2.24, 2.45) is 0 Å². The number of hydrogen-bond acceptors (Lipinski definition) is 9. The summed E-state index contributed by atoms with van der Waals surface area (Å²) in [7, 11) is 2.14. The number of likely N-dealkylation sites (N-methyl/N-ethyl adjacent to an activating group) is 1. The molecule has 1 aromatic carbocycles. The largest absolute Gasteiger partial charge is 0.462 e. The van der Waals surface area contributed by atoms with Crippen LogP contribution in [-0.4, -0.2) is 89.1 Å². The Kier molecular flexibility index (Phi) is 7.70. The van der Waals surface area contributed by atoms with E-state index >= 15 is 0 Å². The van der Waals surface area contributed by atoms with Crippen LogP contribution in [0.5, 0.6) is 6.01 Å². The van der Waals surface area contributed by atoms with Gasteiger partial charge >= 0.3 is 6.01 Å². The van der Waals surface area contributed by atoms with Gasteiger partial charge in [0.2, 0.25) is 5.91 Å². The first-order valence-electron chi connectivity index (χ1n) is 14.4. The maximum atomic E-state index is 12.5. The number of carbonyl (C=O) groups excluding carboxylic acids is 1. The molecule has 2 fully saturated rings. The Morgan fingerprint density at radius 1 is 1.17 bits per heavy atom. The van der Waals surface area contributed by atoms with Gasteiger partial charge < -0.3 is 24.3 Å². The van der Waals surface area contributed by atoms with Crippen molar-refractivity contribution in [2.45, 2.75) is 44.3 Å². The molecule has 0 aliphatic carbocycles. The van der Waals surface area contributed by atoms with E-state index in [-0.39, 0.29) is 18.4 Å². The Morgan fingerprint density at radius 3 is 2.88 bits per heavy atom. The molecule has 2 saturated heterocycles. The smallest absolute Gasteiger partial charge is 0.318 e. The molecule has 2 atom stereocenters. The van der Waals surface area contributed by atoms with Gasteiger partial charge in [0.1, 0.15) is 12.4 Å². The maximum absolute atomic E-state index is 12.5. The van der Waals surface area contributed by atoms with Gasteiger partial charge in [-0.1, -0.05) is 18.7 Å². The predicted molar refractivity (Wildman–Crippen MR) is 158 cm³/mol. The molecule has 2 aromatic heterocycles. The van der Waals surface area contributed by atoms with Gasteiger partial charge in [0, 0.05) is 61.3 Å². The van der Waals surface area contributed by atoms with Gasteiger partial charge in [0.25, 0.3) is 0 Å². The summed E-state index contributed by atoms with van der Waals surface area (Å²) >= 11 is 0. The minimum absolute atomic E-state index is 0.139. The average Bonchev–Trinajstić information content (AvgIpc) is 3.43. The van der Waals surface area contributed by atoms with Crippen molar-refractivity contribution in [3.63, 3.8) is 0 Å². The molecule has 5 heterocycles. The monoisotopic (exact) mass is 552 g/mol. The number of piperazine rings is 1. The Labute approximate surface area is 240 Å². The summed E-state index contributed by atoms with van der Waals surface area (Å²) in [6, 6.07) is 11.2. The zero-order valence-corrected chi connectivity index (χ0v) is 23.6. The zero-order chi connectivity index (χ0) is 28.3. The van der Waals surface area contributed by atoms with Crippen LogP contribution in [0.2, 0.25) is 0 Å². The standard InChI is InChI=1S/C31H36N8O2/c1-3-29(40)39-17-16-38(19-23(39)9-12-32)30-25-11-15-37(28-8-4-6-22-10-13-33-18-26(22)28)20-27(25)34-31(35-30)41-21-24-7-5-14-36(24)2/h3-4,6,8,10,13,18,23-24H,1,5,7,9,11,14-17,19-21H2,2H3/t23?,24-/m0/s1. The summed E-state index contributed by atoms with van der Waals surface area (Å²) in [5.41, 5.74) is 3.21. The van der Waals surface area contributed by atoms with Gasteiger partial charge in [0.05, 0.1) is 30.8 Å². The number of benzene rings is 1. The Balaban J connectivity index is 1.33. The van der Waals surface area contributed by atoms with E-state index < -0.39 is 0 Å².